The van der Waals surface area contributed by atoms with Gasteiger partial charge in [0.2, 0.25) is 15.0 Å². The Morgan fingerprint density at radius 3 is 2.71 bits per heavy atom. The van der Waals surface area contributed by atoms with Crippen LogP contribution >= 0.6 is 34.2 Å². The van der Waals surface area contributed by atoms with Crippen molar-refractivity contribution >= 4 is 55.6 Å². The lowest BCUT2D eigenvalue weighted by molar-refractivity contribution is 0.102. The average Bonchev–Trinajstić information content (AvgIpc) is 2.37. The molecule has 0 aliphatic heterocycles. The van der Waals surface area contributed by atoms with Gasteiger partial charge in [-0.25, -0.2) is 18.4 Å². The molecule has 0 spiro atoms. The molecule has 0 aliphatic rings. The Balaban J connectivity index is 2.35. The van der Waals surface area contributed by atoms with Crippen LogP contribution in [0.4, 0.5) is 5.69 Å². The Kier molecular flexibility index (Phi) is 4.79. The topological polar surface area (TPSA) is 89.0 Å². The van der Waals surface area contributed by atoms with Crippen LogP contribution in [0.3, 0.4) is 0 Å². The van der Waals surface area contributed by atoms with Gasteiger partial charge in [0.1, 0.15) is 0 Å². The molecule has 110 valence electrons. The van der Waals surface area contributed by atoms with Crippen molar-refractivity contribution in [3.8, 4) is 0 Å². The number of anilines is 1. The van der Waals surface area contributed by atoms with E-state index in [4.69, 9.17) is 11.6 Å². The van der Waals surface area contributed by atoms with E-state index >= 15 is 0 Å². The van der Waals surface area contributed by atoms with Crippen LogP contribution < -0.4 is 5.32 Å². The molecule has 2 rings (SSSR count). The van der Waals surface area contributed by atoms with Crippen molar-refractivity contribution in [2.75, 3.05) is 11.6 Å². The molecule has 2 aromatic rings. The zero-order chi connectivity index (χ0) is 15.6. The van der Waals surface area contributed by atoms with Crippen LogP contribution in [0.25, 0.3) is 0 Å². The highest BCUT2D eigenvalue weighted by Crippen LogP contribution is 2.18. The molecule has 9 heteroatoms. The highest BCUT2D eigenvalue weighted by Gasteiger charge is 2.19. The summed E-state index contributed by atoms with van der Waals surface area (Å²) in [6.45, 7) is 0. The molecular formula is C12H9ClIN3O3S. The molecule has 0 atom stereocenters. The molecule has 0 unspecified atom stereocenters. The van der Waals surface area contributed by atoms with Crippen LogP contribution in [-0.2, 0) is 9.84 Å². The van der Waals surface area contributed by atoms with Gasteiger partial charge in [0.05, 0.1) is 11.2 Å². The largest absolute Gasteiger partial charge is 0.321 e. The number of hydrogen-bond acceptors (Lipinski definition) is 5. The van der Waals surface area contributed by atoms with Gasteiger partial charge in [0.25, 0.3) is 5.91 Å². The fraction of sp³-hybridized carbons (Fsp3) is 0.0833. The lowest BCUT2D eigenvalue weighted by Gasteiger charge is -2.07. The number of carbonyl (C=O) groups is 1. The van der Waals surface area contributed by atoms with Gasteiger partial charge in [-0.3, -0.25) is 4.79 Å². The summed E-state index contributed by atoms with van der Waals surface area (Å²) >= 11 is 7.96. The van der Waals surface area contributed by atoms with Gasteiger partial charge < -0.3 is 5.32 Å². The quantitative estimate of drug-likeness (QED) is 0.588. The van der Waals surface area contributed by atoms with Crippen LogP contribution in [0.5, 0.6) is 0 Å². The fourth-order valence-corrected chi connectivity index (χ4v) is 2.67. The lowest BCUT2D eigenvalue weighted by atomic mass is 10.3. The number of nitrogens with zero attached hydrogens (tertiary/aromatic N) is 2. The molecule has 0 bridgehead atoms. The van der Waals surface area contributed by atoms with E-state index in [1.165, 1.54) is 0 Å². The van der Waals surface area contributed by atoms with Gasteiger partial charge >= 0.3 is 0 Å². The number of hydrogen-bond donors (Lipinski definition) is 1. The van der Waals surface area contributed by atoms with Gasteiger partial charge in [-0.15, -0.1) is 0 Å². The number of carbonyl (C=O) groups excluding carboxylic acids is 1. The lowest BCUT2D eigenvalue weighted by Crippen LogP contribution is -2.17. The SMILES string of the molecule is CS(=O)(=O)c1ncc(Cl)c(C(=O)Nc2cccc(I)c2)n1. The van der Waals surface area contributed by atoms with Gasteiger partial charge in [0, 0.05) is 15.5 Å². The maximum absolute atomic E-state index is 12.1. The average molecular weight is 438 g/mol. The molecular weight excluding hydrogens is 429 g/mol. The molecule has 0 fully saturated rings. The van der Waals surface area contributed by atoms with Gasteiger partial charge in [-0.1, -0.05) is 17.7 Å². The molecule has 21 heavy (non-hydrogen) atoms. The number of sulfone groups is 1. The van der Waals surface area contributed by atoms with Gasteiger partial charge in [0.15, 0.2) is 5.69 Å². The van der Waals surface area contributed by atoms with Crippen LogP contribution in [0, 0.1) is 3.57 Å². The Hall–Kier alpha value is -1.26. The van der Waals surface area contributed by atoms with Gasteiger partial charge in [-0.05, 0) is 40.8 Å². The number of rotatable bonds is 3. The molecule has 1 amide bonds. The summed E-state index contributed by atoms with van der Waals surface area (Å²) in [6.07, 6.45) is 2.05. The first-order valence-electron chi connectivity index (χ1n) is 5.57. The normalized spacial score (nSPS) is 11.2. The van der Waals surface area contributed by atoms with Crippen molar-refractivity contribution < 1.29 is 13.2 Å². The maximum atomic E-state index is 12.1. The number of halogens is 2. The predicted molar refractivity (Wildman–Crippen MR) is 87.3 cm³/mol. The van der Waals surface area contributed by atoms with E-state index in [0.29, 0.717) is 5.69 Å². The van der Waals surface area contributed by atoms with Crippen LogP contribution in [-0.4, -0.2) is 30.5 Å². The highest BCUT2D eigenvalue weighted by molar-refractivity contribution is 14.1. The Morgan fingerprint density at radius 2 is 2.10 bits per heavy atom. The molecule has 1 aromatic heterocycles. The summed E-state index contributed by atoms with van der Waals surface area (Å²) in [6, 6.07) is 7.11. The van der Waals surface area contributed by atoms with E-state index in [2.05, 4.69) is 37.9 Å². The second kappa shape index (κ2) is 6.24. The minimum atomic E-state index is -3.62. The Bertz CT molecular complexity index is 811. The standard InChI is InChI=1S/C12H9ClIN3O3S/c1-21(19,20)12-15-6-9(13)10(17-12)11(18)16-8-4-2-3-7(14)5-8/h2-6H,1H3,(H,16,18). The van der Waals surface area contributed by atoms with Crippen molar-refractivity contribution in [3.63, 3.8) is 0 Å². The van der Waals surface area contributed by atoms with Crippen LogP contribution in [0.15, 0.2) is 35.6 Å². The third-order valence-corrected chi connectivity index (χ3v) is 4.16. The minimum absolute atomic E-state index is 0.0227. The molecule has 6 nitrogen and oxygen atoms in total. The predicted octanol–water partition coefficient (Wildman–Crippen LogP) is 2.39. The van der Waals surface area contributed by atoms with E-state index in [9.17, 15) is 13.2 Å². The number of aromatic nitrogens is 2. The smallest absolute Gasteiger partial charge is 0.275 e. The zero-order valence-corrected chi connectivity index (χ0v) is 14.4. The van der Waals surface area contributed by atoms with E-state index in [1.807, 2.05) is 6.07 Å². The molecule has 0 aliphatic carbocycles. The molecule has 1 heterocycles. The third kappa shape index (κ3) is 4.11. The summed E-state index contributed by atoms with van der Waals surface area (Å²) < 4.78 is 23.8. The molecule has 0 radical (unpaired) electrons. The summed E-state index contributed by atoms with van der Waals surface area (Å²) in [5, 5.41) is 2.14. The summed E-state index contributed by atoms with van der Waals surface area (Å²) in [7, 11) is -3.62. The molecule has 1 aromatic carbocycles. The third-order valence-electron chi connectivity index (χ3n) is 2.35. The first-order chi connectivity index (χ1) is 9.77. The monoisotopic (exact) mass is 437 g/mol. The first-order valence-corrected chi connectivity index (χ1v) is 8.91. The number of nitrogens with one attached hydrogen (secondary N) is 1. The van der Waals surface area contributed by atoms with Gasteiger partial charge in [-0.2, -0.15) is 0 Å². The first kappa shape index (κ1) is 16.1. The van der Waals surface area contributed by atoms with Crippen LogP contribution in [0.2, 0.25) is 5.02 Å². The maximum Gasteiger partial charge on any atom is 0.275 e. The number of amides is 1. The van der Waals surface area contributed by atoms with Crippen molar-refractivity contribution in [1.82, 2.24) is 9.97 Å². The summed E-state index contributed by atoms with van der Waals surface area (Å²) in [5.41, 5.74) is 0.369. The second-order valence-electron chi connectivity index (χ2n) is 4.09. The Labute approximate surface area is 140 Å². The van der Waals surface area contributed by atoms with E-state index < -0.39 is 20.9 Å². The molecule has 1 N–H and O–H groups in total. The van der Waals surface area contributed by atoms with Crippen molar-refractivity contribution in [1.29, 1.82) is 0 Å². The van der Waals surface area contributed by atoms with E-state index in [0.717, 1.165) is 16.0 Å². The highest BCUT2D eigenvalue weighted by atomic mass is 127. The van der Waals surface area contributed by atoms with Crippen molar-refractivity contribution in [2.45, 2.75) is 5.16 Å². The van der Waals surface area contributed by atoms with E-state index in [1.54, 1.807) is 18.2 Å². The summed E-state index contributed by atoms with van der Waals surface area (Å²) in [5.74, 6) is -0.602. The zero-order valence-electron chi connectivity index (χ0n) is 10.7. The molecule has 0 saturated carbocycles. The minimum Gasteiger partial charge on any atom is -0.321 e. The van der Waals surface area contributed by atoms with Crippen molar-refractivity contribution in [3.05, 3.63) is 44.7 Å². The van der Waals surface area contributed by atoms with E-state index in [-0.39, 0.29) is 10.7 Å². The summed E-state index contributed by atoms with van der Waals surface area (Å²) in [4.78, 5) is 19.5. The Morgan fingerprint density at radius 1 is 1.38 bits per heavy atom. The fourth-order valence-electron chi connectivity index (χ4n) is 1.45. The second-order valence-corrected chi connectivity index (χ2v) is 7.65. The number of benzene rings is 1. The van der Waals surface area contributed by atoms with Crippen LogP contribution in [0.1, 0.15) is 10.5 Å². The van der Waals surface area contributed by atoms with Crippen molar-refractivity contribution in [2.24, 2.45) is 0 Å². The molecule has 0 saturated heterocycles.